The van der Waals surface area contributed by atoms with Gasteiger partial charge in [-0.15, -0.1) is 0 Å². The number of imidazole rings is 1. The van der Waals surface area contributed by atoms with Crippen LogP contribution in [0.4, 0.5) is 0 Å². The Labute approximate surface area is 374 Å². The minimum absolute atomic E-state index is 0.0270. The van der Waals surface area contributed by atoms with E-state index >= 15 is 0 Å². The molecule has 2 aromatic heterocycles. The van der Waals surface area contributed by atoms with Gasteiger partial charge in [0, 0.05) is 36.7 Å². The molecule has 4 nitrogen and oxygen atoms in total. The number of pyridine rings is 1. The Morgan fingerprint density at radius 3 is 2.14 bits per heavy atom. The van der Waals surface area contributed by atoms with E-state index in [2.05, 4.69) is 4.98 Å². The van der Waals surface area contributed by atoms with Gasteiger partial charge >= 0.3 is 0 Å². The first-order chi connectivity index (χ1) is 35.0. The van der Waals surface area contributed by atoms with Crippen LogP contribution >= 0.6 is 0 Å². The molecule has 0 atom stereocenters. The van der Waals surface area contributed by atoms with Crippen molar-refractivity contribution in [3.63, 3.8) is 0 Å². The van der Waals surface area contributed by atoms with Gasteiger partial charge < -0.3 is 5.11 Å². The SMILES string of the molecule is [2H]c1nc(-c2cc(-c3cccc4c3nc(-c3cc(C)cc(C)c3O)n4-c3ccc(-c4ccccc4)c(C([2H])(C)C)c3)cc(C(C)(C)C)c2)c([2H])c(-c2c([2H])c([2H])c(C(C([2H])([2H])[2H])(C([2H])([2H])[2H])C([2H])([2H])[2H])c([2H])c2[2H])c1[2H]. The number of phenolic OH excluding ortho intramolecular Hbond substituents is 1. The third kappa shape index (κ3) is 7.72. The molecule has 0 saturated carbocycles. The van der Waals surface area contributed by atoms with Crippen molar-refractivity contribution < 1.29 is 28.4 Å². The van der Waals surface area contributed by atoms with Gasteiger partial charge in [0.05, 0.1) is 31.9 Å². The molecular formula is C55H55N3O. The molecule has 0 bridgehead atoms. The standard InChI is InChI=1S/C55H55N3O/c1-34(2)47-33-44(23-24-45(47)38-15-12-11-13-16-38)58-50-18-14-17-46(51(50)57-53(58)48-28-35(3)27-36(4)52(48)59)40-29-41(31-43(30-40)55(8,9)10)49-32-39(25-26-56-49)37-19-21-42(22-20-37)54(5,6)7/h11-34,59H,1-10H3/i5D3,6D3,7D3,19D,20D,21D,22D,25D,26D,32D,34D. The van der Waals surface area contributed by atoms with Crippen molar-refractivity contribution >= 4 is 11.0 Å². The van der Waals surface area contributed by atoms with Gasteiger partial charge in [0.1, 0.15) is 11.6 Å². The molecule has 0 aliphatic heterocycles. The summed E-state index contributed by atoms with van der Waals surface area (Å²) in [6.07, 6.45) is -0.737. The van der Waals surface area contributed by atoms with E-state index in [1.807, 2.05) is 138 Å². The molecule has 59 heavy (non-hydrogen) atoms. The number of hydrogen-bond acceptors (Lipinski definition) is 3. The second kappa shape index (κ2) is 15.2. The second-order valence-electron chi connectivity index (χ2n) is 16.3. The molecule has 296 valence electrons. The van der Waals surface area contributed by atoms with Crippen LogP contribution in [-0.4, -0.2) is 19.6 Å². The van der Waals surface area contributed by atoms with Crippen molar-refractivity contribution in [3.8, 4) is 67.5 Å². The van der Waals surface area contributed by atoms with Crippen molar-refractivity contribution in [2.75, 3.05) is 0 Å². The predicted molar refractivity (Wildman–Crippen MR) is 249 cm³/mol. The molecule has 0 unspecified atom stereocenters. The zero-order valence-corrected chi connectivity index (χ0v) is 34.0. The van der Waals surface area contributed by atoms with E-state index in [0.29, 0.717) is 44.8 Å². The molecule has 4 heteroatoms. The third-order valence-corrected chi connectivity index (χ3v) is 10.5. The summed E-state index contributed by atoms with van der Waals surface area (Å²) in [5.74, 6) is -0.619. The number of rotatable bonds is 7. The Kier molecular flexibility index (Phi) is 6.16. The third-order valence-electron chi connectivity index (χ3n) is 10.5. The van der Waals surface area contributed by atoms with Crippen molar-refractivity contribution in [2.45, 2.75) is 85.7 Å². The average molecular weight is 791 g/mol. The molecule has 0 aliphatic carbocycles. The largest absolute Gasteiger partial charge is 0.507 e. The van der Waals surface area contributed by atoms with Gasteiger partial charge in [-0.1, -0.05) is 140 Å². The van der Waals surface area contributed by atoms with Gasteiger partial charge in [0.15, 0.2) is 0 Å². The summed E-state index contributed by atoms with van der Waals surface area (Å²) in [6.45, 7) is 1.50. The Hall–Kier alpha value is -6.26. The molecule has 0 radical (unpaired) electrons. The van der Waals surface area contributed by atoms with Crippen LogP contribution in [0.1, 0.15) is 112 Å². The highest BCUT2D eigenvalue weighted by Gasteiger charge is 2.24. The molecule has 0 saturated heterocycles. The topological polar surface area (TPSA) is 50.9 Å². The van der Waals surface area contributed by atoms with Crippen LogP contribution in [-0.2, 0) is 10.8 Å². The van der Waals surface area contributed by atoms with Gasteiger partial charge in [-0.3, -0.25) is 9.55 Å². The molecule has 1 N–H and O–H groups in total. The Balaban J connectivity index is 1.41. The molecule has 8 rings (SSSR count). The highest BCUT2D eigenvalue weighted by Crippen LogP contribution is 2.42. The first-order valence-electron chi connectivity index (χ1n) is 27.8. The van der Waals surface area contributed by atoms with Gasteiger partial charge in [0.2, 0.25) is 0 Å². The summed E-state index contributed by atoms with van der Waals surface area (Å²) in [6, 6.07) is 24.1. The van der Waals surface area contributed by atoms with Crippen molar-refractivity contribution in [2.24, 2.45) is 0 Å². The first kappa shape index (κ1) is 24.0. The van der Waals surface area contributed by atoms with Crippen molar-refractivity contribution in [3.05, 3.63) is 167 Å². The van der Waals surface area contributed by atoms with E-state index < -0.39 is 96.4 Å². The quantitative estimate of drug-likeness (QED) is 0.175. The van der Waals surface area contributed by atoms with E-state index in [9.17, 15) is 7.85 Å². The van der Waals surface area contributed by atoms with E-state index in [4.69, 9.17) is 25.5 Å². The zero-order valence-electron chi connectivity index (χ0n) is 51.0. The second-order valence-corrected chi connectivity index (χ2v) is 16.3. The Morgan fingerprint density at radius 1 is 0.678 bits per heavy atom. The lowest BCUT2D eigenvalue weighted by Crippen LogP contribution is -2.11. The fourth-order valence-electron chi connectivity index (χ4n) is 7.42. The minimum Gasteiger partial charge on any atom is -0.507 e. The highest BCUT2D eigenvalue weighted by atomic mass is 16.3. The summed E-state index contributed by atoms with van der Waals surface area (Å²) in [7, 11) is 0. The monoisotopic (exact) mass is 791 g/mol. The molecule has 0 spiro atoms. The number of para-hydroxylation sites is 1. The lowest BCUT2D eigenvalue weighted by Gasteiger charge is -2.22. The fourth-order valence-corrected chi connectivity index (χ4v) is 7.42. The smallest absolute Gasteiger partial charge is 0.149 e. The molecule has 6 aromatic carbocycles. The summed E-state index contributed by atoms with van der Waals surface area (Å²) >= 11 is 0. The summed E-state index contributed by atoms with van der Waals surface area (Å²) in [4.78, 5) is 9.69. The molecule has 2 heterocycles. The lowest BCUT2D eigenvalue weighted by molar-refractivity contribution is 0.472. The minimum atomic E-state index is -3.92. The maximum absolute atomic E-state index is 11.8. The van der Waals surface area contributed by atoms with Crippen LogP contribution in [0.25, 0.3) is 72.7 Å². The number of phenols is 1. The average Bonchev–Trinajstić information content (AvgIpc) is 3.77. The zero-order chi connectivity index (χ0) is 56.3. The summed E-state index contributed by atoms with van der Waals surface area (Å²) in [5, 5.41) is 11.8. The fraction of sp³-hybridized carbons (Fsp3) is 0.236. The van der Waals surface area contributed by atoms with E-state index in [0.717, 1.165) is 27.8 Å². The van der Waals surface area contributed by atoms with Gasteiger partial charge in [-0.05, 0) is 135 Å². The number of benzene rings is 6. The molecular weight excluding hydrogens is 719 g/mol. The van der Waals surface area contributed by atoms with Crippen LogP contribution in [0.2, 0.25) is 0 Å². The van der Waals surface area contributed by atoms with E-state index in [1.54, 1.807) is 12.1 Å². The Morgan fingerprint density at radius 2 is 1.42 bits per heavy atom. The van der Waals surface area contributed by atoms with Gasteiger partial charge in [0.25, 0.3) is 0 Å². The van der Waals surface area contributed by atoms with Gasteiger partial charge in [-0.25, -0.2) is 4.98 Å². The summed E-state index contributed by atoms with van der Waals surface area (Å²) < 4.78 is 149. The van der Waals surface area contributed by atoms with E-state index in [1.165, 1.54) is 0 Å². The molecule has 0 amide bonds. The maximum atomic E-state index is 11.8. The van der Waals surface area contributed by atoms with Crippen LogP contribution in [0.3, 0.4) is 0 Å². The van der Waals surface area contributed by atoms with Crippen molar-refractivity contribution in [1.29, 1.82) is 0 Å². The van der Waals surface area contributed by atoms with Crippen LogP contribution < -0.4 is 0 Å². The lowest BCUT2D eigenvalue weighted by atomic mass is 9.83. The van der Waals surface area contributed by atoms with Crippen molar-refractivity contribution in [1.82, 2.24) is 14.5 Å². The number of nitrogens with zero attached hydrogens (tertiary/aromatic N) is 3. The Bertz CT molecular complexity index is 3570. The van der Waals surface area contributed by atoms with Gasteiger partial charge in [-0.2, -0.15) is 0 Å². The summed E-state index contributed by atoms with van der Waals surface area (Å²) in [5.41, 5.74) is 0.981. The predicted octanol–water partition coefficient (Wildman–Crippen LogP) is 14.8. The highest BCUT2D eigenvalue weighted by molar-refractivity contribution is 5.97. The number of fused-ring (bicyclic) bond motifs is 1. The molecule has 0 aliphatic rings. The number of aromatic hydroxyl groups is 1. The van der Waals surface area contributed by atoms with Crippen LogP contribution in [0.15, 0.2) is 139 Å². The van der Waals surface area contributed by atoms with E-state index in [-0.39, 0.29) is 17.0 Å². The number of aromatic nitrogens is 3. The van der Waals surface area contributed by atoms with Crippen LogP contribution in [0, 0.1) is 13.8 Å². The number of hydrogen-bond donors (Lipinski definition) is 1. The molecule has 0 fully saturated rings. The first-order valence-corrected chi connectivity index (χ1v) is 19.3. The number of aryl methyl sites for hydroxylation is 2. The normalized spacial score (nSPS) is 17.1. The van der Waals surface area contributed by atoms with Crippen LogP contribution in [0.5, 0.6) is 5.75 Å². The maximum Gasteiger partial charge on any atom is 0.149 e. The molecule has 8 aromatic rings.